The molecule has 480 valence electrons. The molecule has 0 saturated carbocycles. The molecule has 16 rings (SSSR count). The maximum absolute atomic E-state index is 2.64. The summed E-state index contributed by atoms with van der Waals surface area (Å²) in [5.41, 5.74) is 28.7. The van der Waals surface area contributed by atoms with E-state index in [4.69, 9.17) is 0 Å². The topological polar surface area (TPSA) is 0 Å². The molecule has 12 aromatic rings. The maximum Gasteiger partial charge on any atom is 0.0159 e. The van der Waals surface area contributed by atoms with Crippen LogP contribution in [0.5, 0.6) is 0 Å². The first-order chi connectivity index (χ1) is 44.9. The Morgan fingerprint density at radius 1 is 0.229 bits per heavy atom. The predicted molar refractivity (Wildman–Crippen MR) is 412 cm³/mol. The minimum atomic E-state index is -0.217. The van der Waals surface area contributed by atoms with E-state index in [1.54, 1.807) is 0 Å². The fourth-order valence-electron chi connectivity index (χ4n) is 17.7. The molecule has 0 aromatic heterocycles. The molecule has 0 fully saturated rings. The fraction of sp³-hybridized carbons (Fsp3) is 0.312. The Bertz CT molecular complexity index is 5710. The molecule has 0 unspecified atom stereocenters. The number of hydrogen-bond donors (Lipinski definition) is 0. The molecule has 0 atom stereocenters. The van der Waals surface area contributed by atoms with Gasteiger partial charge in [0, 0.05) is 10.8 Å². The van der Waals surface area contributed by atoms with Gasteiger partial charge in [0.15, 0.2) is 0 Å². The third-order valence-electron chi connectivity index (χ3n) is 23.2. The molecule has 0 bridgehead atoms. The Kier molecular flexibility index (Phi) is 13.0. The molecule has 4 aliphatic rings. The minimum absolute atomic E-state index is 0.0830. The van der Waals surface area contributed by atoms with Crippen molar-refractivity contribution in [2.24, 2.45) is 0 Å². The SMILES string of the molecule is CC(C)(C)c1cc(-c2c3c(c(-c4cc(C(C)(C)C)cc(C(C)(C)C)c4)c4ccccc24)=c2ccc4c5c(ccc=3c25)=c2c(-c3cc(C(C)(C)C)c5c(c3)C(C)(C)c3ccccc3-5)c3ccc(C(C)(C)C)cc3c(-c3ccc5c(c3)C(C)(C)c3ccccc3-5)c2=4)cc(C(C)(C)C)c1. The molecule has 0 N–H and O–H groups in total. The van der Waals surface area contributed by atoms with Crippen molar-refractivity contribution in [1.82, 2.24) is 0 Å². The summed E-state index contributed by atoms with van der Waals surface area (Å²) in [7, 11) is 0. The van der Waals surface area contributed by atoms with Crippen molar-refractivity contribution in [2.75, 3.05) is 0 Å². The standard InChI is InChI=1S/C96H96/c1-89(2,3)57-36-38-66-72(52-57)78(53-35-37-63-62-29-25-27-33-73(62)95(19,20)75(63)47-53)85-68-39-40-69-83-70(41-42-71(82(68)83)88(85)81(66)56-48-76(94(16,17)18)84-67-32-26-28-34-74(67)96(21,22)77(84)49-56)87-80(55-45-60(92(10,11)12)51-61(46-55)93(13,14)15)65-31-24-23-30-64(65)79(86(69)87)54-43-58(90(4,5)6)50-59(44-54)91(7,8)9/h23-52H,1-22H3. The van der Waals surface area contributed by atoms with Crippen molar-refractivity contribution in [1.29, 1.82) is 0 Å². The van der Waals surface area contributed by atoms with Crippen molar-refractivity contribution < 1.29 is 0 Å². The third-order valence-corrected chi connectivity index (χ3v) is 23.2. The third kappa shape index (κ3) is 8.98. The molecule has 0 aliphatic heterocycles. The van der Waals surface area contributed by atoms with Gasteiger partial charge in [-0.3, -0.25) is 0 Å². The summed E-state index contributed by atoms with van der Waals surface area (Å²) in [6, 6.07) is 73.8. The second-order valence-corrected chi connectivity index (χ2v) is 36.5. The number of benzene rings is 12. The minimum Gasteiger partial charge on any atom is -0.0619 e. The quantitative estimate of drug-likeness (QED) is 0.165. The van der Waals surface area contributed by atoms with Gasteiger partial charge in [0.25, 0.3) is 0 Å². The first-order valence-electron chi connectivity index (χ1n) is 35.6. The van der Waals surface area contributed by atoms with Crippen molar-refractivity contribution in [3.63, 3.8) is 0 Å². The van der Waals surface area contributed by atoms with E-state index in [9.17, 15) is 0 Å². The monoisotopic (exact) mass is 1250 g/mol. The van der Waals surface area contributed by atoms with E-state index in [1.807, 2.05) is 0 Å². The van der Waals surface area contributed by atoms with Gasteiger partial charge >= 0.3 is 0 Å². The highest BCUT2D eigenvalue weighted by Gasteiger charge is 2.41. The van der Waals surface area contributed by atoms with Crippen LogP contribution in [0.25, 0.3) is 99.1 Å². The van der Waals surface area contributed by atoms with E-state index >= 15 is 0 Å². The van der Waals surface area contributed by atoms with Crippen molar-refractivity contribution in [2.45, 2.75) is 196 Å². The van der Waals surface area contributed by atoms with E-state index < -0.39 is 0 Å². The van der Waals surface area contributed by atoms with Crippen LogP contribution in [0, 0.1) is 41.7 Å². The number of fused-ring (bicyclic) bond motifs is 10. The van der Waals surface area contributed by atoms with Gasteiger partial charge in [-0.05, 0) is 253 Å². The Balaban J connectivity index is 1.18. The van der Waals surface area contributed by atoms with E-state index in [0.29, 0.717) is 0 Å². The average molecular weight is 1250 g/mol. The Morgan fingerprint density at radius 2 is 0.583 bits per heavy atom. The van der Waals surface area contributed by atoms with Crippen LogP contribution in [0.3, 0.4) is 0 Å². The highest BCUT2D eigenvalue weighted by Crippen LogP contribution is 2.56. The van der Waals surface area contributed by atoms with Gasteiger partial charge in [0.2, 0.25) is 0 Å². The Morgan fingerprint density at radius 3 is 1.02 bits per heavy atom. The summed E-state index contributed by atoms with van der Waals surface area (Å²) in [6.45, 7) is 52.9. The van der Waals surface area contributed by atoms with Gasteiger partial charge in [-0.15, -0.1) is 0 Å². The molecule has 0 amide bonds. The second kappa shape index (κ2) is 20.0. The van der Waals surface area contributed by atoms with Crippen LogP contribution >= 0.6 is 0 Å². The van der Waals surface area contributed by atoms with Crippen LogP contribution in [0.4, 0.5) is 0 Å². The molecule has 0 heteroatoms. The van der Waals surface area contributed by atoms with Crippen molar-refractivity contribution in [3.05, 3.63) is 279 Å². The zero-order chi connectivity index (χ0) is 68.0. The summed E-state index contributed by atoms with van der Waals surface area (Å²) < 4.78 is 0. The van der Waals surface area contributed by atoms with Crippen molar-refractivity contribution in [3.8, 4) is 66.8 Å². The number of rotatable bonds is 4. The van der Waals surface area contributed by atoms with Crippen LogP contribution in [-0.2, 0) is 43.3 Å². The fourth-order valence-corrected chi connectivity index (χ4v) is 17.7. The molecule has 0 saturated heterocycles. The van der Waals surface area contributed by atoms with Crippen molar-refractivity contribution >= 4 is 32.3 Å². The van der Waals surface area contributed by atoms with E-state index in [1.165, 1.54) is 196 Å². The van der Waals surface area contributed by atoms with Gasteiger partial charge < -0.3 is 0 Å². The van der Waals surface area contributed by atoms with E-state index in [2.05, 4.69) is 334 Å². The van der Waals surface area contributed by atoms with Gasteiger partial charge in [-0.25, -0.2) is 0 Å². The molecule has 4 aliphatic carbocycles. The van der Waals surface area contributed by atoms with Crippen LogP contribution < -0.4 is 0 Å². The second-order valence-electron chi connectivity index (χ2n) is 36.5. The normalized spacial score (nSPS) is 14.9. The maximum atomic E-state index is 2.64. The first-order valence-corrected chi connectivity index (χ1v) is 35.6. The van der Waals surface area contributed by atoms with Gasteiger partial charge in [0.05, 0.1) is 0 Å². The highest BCUT2D eigenvalue weighted by molar-refractivity contribution is 6.10. The molecule has 0 nitrogen and oxygen atoms in total. The van der Waals surface area contributed by atoms with E-state index in [0.717, 1.165) is 0 Å². The molecule has 0 radical (unpaired) electrons. The van der Waals surface area contributed by atoms with Crippen LogP contribution in [0.1, 0.15) is 208 Å². The molecular weight excluding hydrogens is 1150 g/mol. The molecule has 12 aromatic carbocycles. The average Bonchev–Trinajstić information content (AvgIpc) is 1.50. The lowest BCUT2D eigenvalue weighted by Gasteiger charge is -2.28. The molecule has 0 heterocycles. The lowest BCUT2D eigenvalue weighted by atomic mass is 9.76. The van der Waals surface area contributed by atoms with Crippen LogP contribution in [0.2, 0.25) is 0 Å². The summed E-state index contributed by atoms with van der Waals surface area (Å²) in [6.07, 6.45) is 0. The summed E-state index contributed by atoms with van der Waals surface area (Å²) in [5, 5.41) is 18.6. The van der Waals surface area contributed by atoms with E-state index in [-0.39, 0.29) is 43.3 Å². The van der Waals surface area contributed by atoms with Gasteiger partial charge in [-0.1, -0.05) is 310 Å². The van der Waals surface area contributed by atoms with Crippen LogP contribution in [0.15, 0.2) is 182 Å². The summed E-state index contributed by atoms with van der Waals surface area (Å²) >= 11 is 0. The largest absolute Gasteiger partial charge is 0.0619 e. The summed E-state index contributed by atoms with van der Waals surface area (Å²) in [4.78, 5) is 0. The van der Waals surface area contributed by atoms with Gasteiger partial charge in [-0.2, -0.15) is 0 Å². The van der Waals surface area contributed by atoms with Crippen LogP contribution in [-0.4, -0.2) is 0 Å². The smallest absolute Gasteiger partial charge is 0.0159 e. The zero-order valence-electron chi connectivity index (χ0n) is 61.3. The Hall–Kier alpha value is -8.58. The highest BCUT2D eigenvalue weighted by atomic mass is 14.4. The molecular formula is C96H96. The Labute approximate surface area is 570 Å². The predicted octanol–water partition coefficient (Wildman–Crippen LogP) is 26.0. The zero-order valence-corrected chi connectivity index (χ0v) is 61.3. The lowest BCUT2D eigenvalue weighted by Crippen LogP contribution is -2.17. The molecule has 0 spiro atoms. The molecule has 96 heavy (non-hydrogen) atoms. The first kappa shape index (κ1) is 62.2. The van der Waals surface area contributed by atoms with Gasteiger partial charge in [0.1, 0.15) is 0 Å². The number of hydrogen-bond acceptors (Lipinski definition) is 0. The summed E-state index contributed by atoms with van der Waals surface area (Å²) in [5.74, 6) is 0. The lowest BCUT2D eigenvalue weighted by molar-refractivity contribution is 0.568.